The quantitative estimate of drug-likeness (QED) is 0.703. The zero-order valence-electron chi connectivity index (χ0n) is 9.58. The maximum absolute atomic E-state index is 5.65. The number of ether oxygens (including phenoxy) is 1. The van der Waals surface area contributed by atoms with Crippen LogP contribution in [-0.4, -0.2) is 42.2 Å². The number of hydrogen-bond acceptors (Lipinski definition) is 3. The van der Waals surface area contributed by atoms with E-state index >= 15 is 0 Å². The average Bonchev–Trinajstić information content (AvgIpc) is 2.18. The summed E-state index contributed by atoms with van der Waals surface area (Å²) >= 11 is 4.86. The lowest BCUT2D eigenvalue weighted by molar-refractivity contribution is 0.00589. The highest BCUT2D eigenvalue weighted by molar-refractivity contribution is 7.80. The molecule has 0 aromatic rings. The molecule has 3 nitrogen and oxygen atoms in total. The van der Waals surface area contributed by atoms with E-state index < -0.39 is 0 Å². The van der Waals surface area contributed by atoms with Crippen molar-refractivity contribution in [1.82, 2.24) is 4.90 Å². The van der Waals surface area contributed by atoms with E-state index in [0.717, 1.165) is 32.5 Å². The van der Waals surface area contributed by atoms with Crippen molar-refractivity contribution < 1.29 is 4.74 Å². The zero-order valence-corrected chi connectivity index (χ0v) is 10.4. The molecule has 1 fully saturated rings. The standard InChI is InChI=1S/C11H22N2OS/c1-2-14-10-5-3-7-13(9-10)8-4-6-11(12)15/h10H,2-9H2,1H3,(H2,12,15). The van der Waals surface area contributed by atoms with Crippen LogP contribution in [0.3, 0.4) is 0 Å². The van der Waals surface area contributed by atoms with Crippen LogP contribution in [0.25, 0.3) is 0 Å². The van der Waals surface area contributed by atoms with Crippen molar-refractivity contribution >= 4 is 17.2 Å². The van der Waals surface area contributed by atoms with Crippen LogP contribution in [0.1, 0.15) is 32.6 Å². The summed E-state index contributed by atoms with van der Waals surface area (Å²) in [5.41, 5.74) is 5.47. The first kappa shape index (κ1) is 12.9. The molecular formula is C11H22N2OS. The van der Waals surface area contributed by atoms with E-state index in [1.165, 1.54) is 19.4 Å². The van der Waals surface area contributed by atoms with Gasteiger partial charge < -0.3 is 15.4 Å². The van der Waals surface area contributed by atoms with E-state index in [2.05, 4.69) is 11.8 Å². The molecule has 4 heteroatoms. The highest BCUT2D eigenvalue weighted by Crippen LogP contribution is 2.13. The molecule has 0 amide bonds. The van der Waals surface area contributed by atoms with E-state index in [0.29, 0.717) is 11.1 Å². The molecule has 0 bridgehead atoms. The lowest BCUT2D eigenvalue weighted by atomic mass is 10.1. The van der Waals surface area contributed by atoms with Gasteiger partial charge in [-0.15, -0.1) is 0 Å². The normalized spacial score (nSPS) is 22.9. The van der Waals surface area contributed by atoms with Gasteiger partial charge in [0.1, 0.15) is 0 Å². The smallest absolute Gasteiger partial charge is 0.0727 e. The highest BCUT2D eigenvalue weighted by atomic mass is 32.1. The van der Waals surface area contributed by atoms with Crippen molar-refractivity contribution in [3.63, 3.8) is 0 Å². The van der Waals surface area contributed by atoms with Crippen molar-refractivity contribution in [1.29, 1.82) is 0 Å². The topological polar surface area (TPSA) is 38.5 Å². The van der Waals surface area contributed by atoms with Crippen LogP contribution < -0.4 is 5.73 Å². The second kappa shape index (κ2) is 7.14. The Morgan fingerprint density at radius 3 is 3.07 bits per heavy atom. The fraction of sp³-hybridized carbons (Fsp3) is 0.909. The second-order valence-electron chi connectivity index (χ2n) is 4.09. The highest BCUT2D eigenvalue weighted by Gasteiger charge is 2.19. The van der Waals surface area contributed by atoms with Gasteiger partial charge in [-0.2, -0.15) is 0 Å². The third-order valence-electron chi connectivity index (χ3n) is 2.76. The van der Waals surface area contributed by atoms with E-state index in [-0.39, 0.29) is 0 Å². The van der Waals surface area contributed by atoms with Gasteiger partial charge in [-0.1, -0.05) is 12.2 Å². The van der Waals surface area contributed by atoms with E-state index in [1.54, 1.807) is 0 Å². The Labute approximate surface area is 98.0 Å². The predicted octanol–water partition coefficient (Wildman–Crippen LogP) is 1.55. The van der Waals surface area contributed by atoms with Crippen LogP contribution in [0.4, 0.5) is 0 Å². The van der Waals surface area contributed by atoms with Gasteiger partial charge in [0.25, 0.3) is 0 Å². The Morgan fingerprint density at radius 2 is 2.40 bits per heavy atom. The number of nitrogens with two attached hydrogens (primary N) is 1. The maximum atomic E-state index is 5.65. The van der Waals surface area contributed by atoms with Crippen LogP contribution in [0.15, 0.2) is 0 Å². The lowest BCUT2D eigenvalue weighted by Gasteiger charge is -2.32. The minimum atomic E-state index is 0.438. The average molecular weight is 230 g/mol. The first-order chi connectivity index (χ1) is 7.22. The molecule has 1 aliphatic rings. The number of thiocarbonyl (C=S) groups is 1. The van der Waals surface area contributed by atoms with Crippen LogP contribution in [0, 0.1) is 0 Å². The molecule has 1 unspecified atom stereocenters. The van der Waals surface area contributed by atoms with Crippen molar-refractivity contribution in [2.75, 3.05) is 26.2 Å². The van der Waals surface area contributed by atoms with Gasteiger partial charge in [-0.3, -0.25) is 0 Å². The van der Waals surface area contributed by atoms with Gasteiger partial charge in [0.2, 0.25) is 0 Å². The van der Waals surface area contributed by atoms with Crippen molar-refractivity contribution in [2.45, 2.75) is 38.7 Å². The van der Waals surface area contributed by atoms with Crippen LogP contribution in [-0.2, 0) is 4.74 Å². The Balaban J connectivity index is 2.15. The summed E-state index contributed by atoms with van der Waals surface area (Å²) in [5, 5.41) is 0. The molecule has 1 atom stereocenters. The number of rotatable bonds is 6. The summed E-state index contributed by atoms with van der Waals surface area (Å²) in [6, 6.07) is 0. The summed E-state index contributed by atoms with van der Waals surface area (Å²) in [4.78, 5) is 3.09. The molecule has 0 aromatic carbocycles. The molecule has 88 valence electrons. The molecule has 1 rings (SSSR count). The van der Waals surface area contributed by atoms with Gasteiger partial charge in [0.05, 0.1) is 11.1 Å². The van der Waals surface area contributed by atoms with E-state index in [4.69, 9.17) is 22.7 Å². The first-order valence-electron chi connectivity index (χ1n) is 5.84. The molecule has 0 spiro atoms. The largest absolute Gasteiger partial charge is 0.393 e. The molecule has 15 heavy (non-hydrogen) atoms. The summed E-state index contributed by atoms with van der Waals surface area (Å²) in [5.74, 6) is 0. The molecule has 2 N–H and O–H groups in total. The molecular weight excluding hydrogens is 208 g/mol. The molecule has 1 heterocycles. The van der Waals surface area contributed by atoms with Crippen molar-refractivity contribution in [3.05, 3.63) is 0 Å². The summed E-state index contributed by atoms with van der Waals surface area (Å²) < 4.78 is 5.65. The fourth-order valence-electron chi connectivity index (χ4n) is 2.06. The summed E-state index contributed by atoms with van der Waals surface area (Å²) in [6.07, 6.45) is 4.84. The van der Waals surface area contributed by atoms with Gasteiger partial charge in [-0.25, -0.2) is 0 Å². The third-order valence-corrected chi connectivity index (χ3v) is 2.97. The van der Waals surface area contributed by atoms with Gasteiger partial charge in [0, 0.05) is 13.2 Å². The van der Waals surface area contributed by atoms with E-state index in [9.17, 15) is 0 Å². The predicted molar refractivity (Wildman–Crippen MR) is 67.1 cm³/mol. The Morgan fingerprint density at radius 1 is 1.60 bits per heavy atom. The zero-order chi connectivity index (χ0) is 11.1. The monoisotopic (exact) mass is 230 g/mol. The number of hydrogen-bond donors (Lipinski definition) is 1. The minimum Gasteiger partial charge on any atom is -0.393 e. The number of nitrogens with zero attached hydrogens (tertiary/aromatic N) is 1. The lowest BCUT2D eigenvalue weighted by Crippen LogP contribution is -2.40. The van der Waals surface area contributed by atoms with Gasteiger partial charge in [-0.05, 0) is 45.7 Å². The van der Waals surface area contributed by atoms with Crippen molar-refractivity contribution in [3.8, 4) is 0 Å². The molecule has 1 saturated heterocycles. The minimum absolute atomic E-state index is 0.438. The Kier molecular flexibility index (Phi) is 6.13. The molecule has 0 aromatic heterocycles. The van der Waals surface area contributed by atoms with E-state index in [1.807, 2.05) is 0 Å². The molecule has 0 radical (unpaired) electrons. The molecule has 0 saturated carbocycles. The Bertz CT molecular complexity index is 197. The number of piperidine rings is 1. The maximum Gasteiger partial charge on any atom is 0.0727 e. The molecule has 1 aliphatic heterocycles. The fourth-order valence-corrected chi connectivity index (χ4v) is 2.21. The van der Waals surface area contributed by atoms with Gasteiger partial charge >= 0.3 is 0 Å². The van der Waals surface area contributed by atoms with Crippen LogP contribution in [0.5, 0.6) is 0 Å². The van der Waals surface area contributed by atoms with Gasteiger partial charge in [0.15, 0.2) is 0 Å². The van der Waals surface area contributed by atoms with Crippen molar-refractivity contribution in [2.24, 2.45) is 5.73 Å². The number of likely N-dealkylation sites (tertiary alicyclic amines) is 1. The summed E-state index contributed by atoms with van der Waals surface area (Å²) in [7, 11) is 0. The second-order valence-corrected chi connectivity index (χ2v) is 4.61. The summed E-state index contributed by atoms with van der Waals surface area (Å²) in [6.45, 7) is 6.25. The first-order valence-corrected chi connectivity index (χ1v) is 6.25. The molecule has 0 aliphatic carbocycles. The van der Waals surface area contributed by atoms with Crippen LogP contribution in [0.2, 0.25) is 0 Å². The SMILES string of the molecule is CCOC1CCCN(CCCC(N)=S)C1. The Hall–Kier alpha value is -0.190. The third kappa shape index (κ3) is 5.44. The van der Waals surface area contributed by atoms with Crippen LogP contribution >= 0.6 is 12.2 Å².